The van der Waals surface area contributed by atoms with Gasteiger partial charge < -0.3 is 14.5 Å². The van der Waals surface area contributed by atoms with Gasteiger partial charge in [0, 0.05) is 36.5 Å². The summed E-state index contributed by atoms with van der Waals surface area (Å²) < 4.78 is 2.10. The Morgan fingerprint density at radius 1 is 1.29 bits per heavy atom. The summed E-state index contributed by atoms with van der Waals surface area (Å²) in [5.41, 5.74) is 1.68. The molecule has 1 saturated heterocycles. The van der Waals surface area contributed by atoms with Gasteiger partial charge in [-0.3, -0.25) is 4.79 Å². The lowest BCUT2D eigenvalue weighted by molar-refractivity contribution is 0.0705. The first kappa shape index (κ1) is 14.9. The molecular weight excluding hydrogens is 302 g/mol. The van der Waals surface area contributed by atoms with E-state index in [1.54, 1.807) is 6.33 Å². The van der Waals surface area contributed by atoms with Crippen LogP contribution in [0.2, 0.25) is 0 Å². The molecule has 1 aliphatic heterocycles. The van der Waals surface area contributed by atoms with E-state index in [1.807, 2.05) is 35.2 Å². The first-order chi connectivity index (χ1) is 11.8. The molecule has 3 aromatic rings. The predicted octanol–water partition coefficient (Wildman–Crippen LogP) is 2.80. The number of nitrogens with one attached hydrogen (secondary N) is 1. The van der Waals surface area contributed by atoms with Crippen molar-refractivity contribution in [1.29, 1.82) is 0 Å². The van der Waals surface area contributed by atoms with Crippen molar-refractivity contribution in [3.63, 3.8) is 0 Å². The summed E-state index contributed by atoms with van der Waals surface area (Å²) in [6.45, 7) is 4.50. The highest BCUT2D eigenvalue weighted by molar-refractivity contribution is 5.98. The minimum absolute atomic E-state index is 0.0848. The lowest BCUT2D eigenvalue weighted by atomic mass is 9.95. The van der Waals surface area contributed by atoms with Crippen molar-refractivity contribution in [3.8, 4) is 0 Å². The van der Waals surface area contributed by atoms with E-state index < -0.39 is 0 Å². The topological polar surface area (TPSA) is 66.8 Å². The van der Waals surface area contributed by atoms with E-state index in [0.29, 0.717) is 11.6 Å². The summed E-state index contributed by atoms with van der Waals surface area (Å²) >= 11 is 0. The maximum absolute atomic E-state index is 12.7. The maximum Gasteiger partial charge on any atom is 0.270 e. The SMILES string of the molecule is CCn1cnnc1C1CCN(C(=O)c2cc3ccccc3[nH]2)CC1. The van der Waals surface area contributed by atoms with Crippen LogP contribution in [0.4, 0.5) is 0 Å². The number of rotatable bonds is 3. The summed E-state index contributed by atoms with van der Waals surface area (Å²) in [4.78, 5) is 17.9. The smallest absolute Gasteiger partial charge is 0.270 e. The van der Waals surface area contributed by atoms with Crippen molar-refractivity contribution in [1.82, 2.24) is 24.6 Å². The van der Waals surface area contributed by atoms with Gasteiger partial charge in [0.05, 0.1) is 0 Å². The van der Waals surface area contributed by atoms with Crippen LogP contribution in [0.25, 0.3) is 10.9 Å². The molecule has 1 N–H and O–H groups in total. The van der Waals surface area contributed by atoms with Gasteiger partial charge in [0.25, 0.3) is 5.91 Å². The quantitative estimate of drug-likeness (QED) is 0.806. The molecule has 1 fully saturated rings. The van der Waals surface area contributed by atoms with E-state index in [1.165, 1.54) is 0 Å². The van der Waals surface area contributed by atoms with Crippen molar-refractivity contribution in [2.24, 2.45) is 0 Å². The average molecular weight is 323 g/mol. The van der Waals surface area contributed by atoms with Crippen LogP contribution in [0.3, 0.4) is 0 Å². The zero-order valence-electron chi connectivity index (χ0n) is 13.8. The first-order valence-corrected chi connectivity index (χ1v) is 8.51. The van der Waals surface area contributed by atoms with E-state index in [2.05, 4.69) is 26.7 Å². The fraction of sp³-hybridized carbons (Fsp3) is 0.389. The number of fused-ring (bicyclic) bond motifs is 1. The van der Waals surface area contributed by atoms with Gasteiger partial charge in [-0.15, -0.1) is 10.2 Å². The Hall–Kier alpha value is -2.63. The fourth-order valence-electron chi connectivity index (χ4n) is 3.52. The van der Waals surface area contributed by atoms with E-state index in [0.717, 1.165) is 49.2 Å². The molecule has 124 valence electrons. The van der Waals surface area contributed by atoms with Crippen LogP contribution in [-0.2, 0) is 6.54 Å². The van der Waals surface area contributed by atoms with Gasteiger partial charge in [-0.05, 0) is 31.9 Å². The van der Waals surface area contributed by atoms with E-state index in [-0.39, 0.29) is 5.91 Å². The van der Waals surface area contributed by atoms with Crippen LogP contribution in [0.15, 0.2) is 36.7 Å². The zero-order chi connectivity index (χ0) is 16.5. The molecule has 0 aliphatic carbocycles. The molecule has 6 nitrogen and oxygen atoms in total. The van der Waals surface area contributed by atoms with Gasteiger partial charge in [-0.1, -0.05) is 18.2 Å². The number of carbonyl (C=O) groups is 1. The van der Waals surface area contributed by atoms with Gasteiger partial charge in [0.2, 0.25) is 0 Å². The lowest BCUT2D eigenvalue weighted by Crippen LogP contribution is -2.38. The molecule has 0 bridgehead atoms. The van der Waals surface area contributed by atoms with Crippen LogP contribution in [-0.4, -0.2) is 43.6 Å². The van der Waals surface area contributed by atoms with Crippen LogP contribution < -0.4 is 0 Å². The zero-order valence-corrected chi connectivity index (χ0v) is 13.8. The Kier molecular flexibility index (Phi) is 3.80. The summed E-state index contributed by atoms with van der Waals surface area (Å²) in [6.07, 6.45) is 3.66. The van der Waals surface area contributed by atoms with Crippen LogP contribution >= 0.6 is 0 Å². The highest BCUT2D eigenvalue weighted by atomic mass is 16.2. The number of benzene rings is 1. The van der Waals surface area contributed by atoms with Crippen LogP contribution in [0, 0.1) is 0 Å². The molecule has 2 aromatic heterocycles. The summed E-state index contributed by atoms with van der Waals surface area (Å²) in [6, 6.07) is 9.92. The van der Waals surface area contributed by atoms with Crippen LogP contribution in [0.1, 0.15) is 42.0 Å². The monoisotopic (exact) mass is 323 g/mol. The number of likely N-dealkylation sites (tertiary alicyclic amines) is 1. The summed E-state index contributed by atoms with van der Waals surface area (Å²) in [5.74, 6) is 1.52. The number of hydrogen-bond donors (Lipinski definition) is 1. The first-order valence-electron chi connectivity index (χ1n) is 8.51. The average Bonchev–Trinajstić information content (AvgIpc) is 3.27. The molecule has 0 atom stereocenters. The molecule has 0 unspecified atom stereocenters. The second-order valence-corrected chi connectivity index (χ2v) is 6.31. The van der Waals surface area contributed by atoms with Gasteiger partial charge in [0.15, 0.2) is 0 Å². The molecule has 0 radical (unpaired) electrons. The molecular formula is C18H21N5O. The Morgan fingerprint density at radius 3 is 2.83 bits per heavy atom. The highest BCUT2D eigenvalue weighted by Crippen LogP contribution is 2.27. The molecule has 4 rings (SSSR count). The number of amides is 1. The molecule has 0 saturated carbocycles. The van der Waals surface area contributed by atoms with Crippen molar-refractivity contribution in [3.05, 3.63) is 48.2 Å². The highest BCUT2D eigenvalue weighted by Gasteiger charge is 2.27. The van der Waals surface area contributed by atoms with E-state index >= 15 is 0 Å². The molecule has 1 aromatic carbocycles. The van der Waals surface area contributed by atoms with Gasteiger partial charge >= 0.3 is 0 Å². The number of aromatic amines is 1. The molecule has 24 heavy (non-hydrogen) atoms. The normalized spacial score (nSPS) is 16.0. The minimum Gasteiger partial charge on any atom is -0.351 e. The summed E-state index contributed by atoms with van der Waals surface area (Å²) in [7, 11) is 0. The van der Waals surface area contributed by atoms with Crippen molar-refractivity contribution in [2.75, 3.05) is 13.1 Å². The predicted molar refractivity (Wildman–Crippen MR) is 91.9 cm³/mol. The second kappa shape index (κ2) is 6.11. The van der Waals surface area contributed by atoms with Crippen LogP contribution in [0.5, 0.6) is 0 Å². The number of para-hydroxylation sites is 1. The molecule has 1 aliphatic rings. The van der Waals surface area contributed by atoms with Crippen molar-refractivity contribution < 1.29 is 4.79 Å². The largest absolute Gasteiger partial charge is 0.351 e. The van der Waals surface area contributed by atoms with E-state index in [4.69, 9.17) is 0 Å². The van der Waals surface area contributed by atoms with Gasteiger partial charge in [-0.25, -0.2) is 0 Å². The number of H-pyrrole nitrogens is 1. The number of nitrogens with zero attached hydrogens (tertiary/aromatic N) is 4. The minimum atomic E-state index is 0.0848. The molecule has 1 amide bonds. The Bertz CT molecular complexity index is 824. The third-order valence-corrected chi connectivity index (χ3v) is 4.89. The Morgan fingerprint density at radius 2 is 2.08 bits per heavy atom. The standard InChI is InChI=1S/C18H21N5O/c1-2-22-12-19-21-17(22)13-7-9-23(10-8-13)18(24)16-11-14-5-3-4-6-15(14)20-16/h3-6,11-13,20H,2,7-10H2,1H3. The third kappa shape index (κ3) is 2.58. The number of aryl methyl sites for hydroxylation is 1. The number of hydrogen-bond acceptors (Lipinski definition) is 3. The maximum atomic E-state index is 12.7. The second-order valence-electron chi connectivity index (χ2n) is 6.31. The number of piperidine rings is 1. The fourth-order valence-corrected chi connectivity index (χ4v) is 3.52. The summed E-state index contributed by atoms with van der Waals surface area (Å²) in [5, 5.41) is 9.37. The third-order valence-electron chi connectivity index (χ3n) is 4.89. The molecule has 3 heterocycles. The van der Waals surface area contributed by atoms with Gasteiger partial charge in [-0.2, -0.15) is 0 Å². The Balaban J connectivity index is 1.46. The van der Waals surface area contributed by atoms with E-state index in [9.17, 15) is 4.79 Å². The lowest BCUT2D eigenvalue weighted by Gasteiger charge is -2.31. The molecule has 0 spiro atoms. The number of carbonyl (C=O) groups excluding carboxylic acids is 1. The van der Waals surface area contributed by atoms with Crippen molar-refractivity contribution in [2.45, 2.75) is 32.2 Å². The Labute approximate surface area is 140 Å². The van der Waals surface area contributed by atoms with Crippen molar-refractivity contribution >= 4 is 16.8 Å². The number of aromatic nitrogens is 4. The molecule has 6 heteroatoms. The van der Waals surface area contributed by atoms with Gasteiger partial charge in [0.1, 0.15) is 17.8 Å².